The zero-order valence-corrected chi connectivity index (χ0v) is 25.2. The molecule has 4 fully saturated rings. The lowest BCUT2D eigenvalue weighted by molar-refractivity contribution is -0.179. The Morgan fingerprint density at radius 3 is 2.28 bits per heavy atom. The molecule has 4 saturated carbocycles. The molecule has 5 nitrogen and oxygen atoms in total. The van der Waals surface area contributed by atoms with E-state index in [0.29, 0.717) is 58.9 Å². The Hall–Kier alpha value is -0.883. The van der Waals surface area contributed by atoms with Crippen LogP contribution in [0, 0.1) is 46.3 Å². The first kappa shape index (κ1) is 28.1. The molecule has 0 aromatic carbocycles. The van der Waals surface area contributed by atoms with E-state index in [0.717, 1.165) is 25.7 Å². The molecule has 6 heteroatoms. The van der Waals surface area contributed by atoms with Crippen LogP contribution in [0.3, 0.4) is 0 Å². The van der Waals surface area contributed by atoms with E-state index in [9.17, 15) is 9.59 Å². The molecular formula is C30H52O5Si. The molecule has 4 aliphatic carbocycles. The van der Waals surface area contributed by atoms with Crippen molar-refractivity contribution in [3.05, 3.63) is 0 Å². The van der Waals surface area contributed by atoms with Crippen molar-refractivity contribution >= 4 is 20.3 Å². The first-order valence-corrected chi connectivity index (χ1v) is 18.1. The Kier molecular flexibility index (Phi) is 8.09. The second-order valence-electron chi connectivity index (χ2n) is 14.3. The average molecular weight is 521 g/mol. The molecule has 4 rings (SSSR count). The number of fused-ring (bicyclic) bond motifs is 5. The number of carbonyl (C=O) groups excluding carboxylic acids is 2. The molecule has 206 valence electrons. The average Bonchev–Trinajstić information content (AvgIpc) is 3.14. The summed E-state index contributed by atoms with van der Waals surface area (Å²) in [5.41, 5.74) is 0.645. The number of hydrogen-bond acceptors (Lipinski definition) is 5. The number of esters is 2. The highest BCUT2D eigenvalue weighted by Gasteiger charge is 2.63. The minimum absolute atomic E-state index is 0.0741. The molecule has 0 radical (unpaired) electrons. The second kappa shape index (κ2) is 10.4. The quantitative estimate of drug-likeness (QED) is 0.267. The van der Waals surface area contributed by atoms with Crippen LogP contribution < -0.4 is 0 Å². The maximum absolute atomic E-state index is 11.8. The van der Waals surface area contributed by atoms with Crippen molar-refractivity contribution in [2.75, 3.05) is 7.11 Å². The highest BCUT2D eigenvalue weighted by atomic mass is 28.4. The van der Waals surface area contributed by atoms with Crippen LogP contribution >= 0.6 is 0 Å². The highest BCUT2D eigenvalue weighted by molar-refractivity contribution is 6.69. The second-order valence-corrected chi connectivity index (χ2v) is 18.8. The summed E-state index contributed by atoms with van der Waals surface area (Å²) >= 11 is 0. The van der Waals surface area contributed by atoms with E-state index in [-0.39, 0.29) is 18.0 Å². The van der Waals surface area contributed by atoms with Crippen LogP contribution in [0.25, 0.3) is 0 Å². The monoisotopic (exact) mass is 520 g/mol. The zero-order valence-electron chi connectivity index (χ0n) is 24.2. The van der Waals surface area contributed by atoms with Gasteiger partial charge in [-0.25, -0.2) is 0 Å². The highest BCUT2D eigenvalue weighted by Crippen LogP contribution is 2.69. The van der Waals surface area contributed by atoms with Gasteiger partial charge in [0.2, 0.25) is 0 Å². The van der Waals surface area contributed by atoms with Crippen LogP contribution in [0.5, 0.6) is 0 Å². The number of hydrogen-bond donors (Lipinski definition) is 0. The fourth-order valence-corrected chi connectivity index (χ4v) is 10.9. The zero-order chi connectivity index (χ0) is 26.5. The summed E-state index contributed by atoms with van der Waals surface area (Å²) in [4.78, 5) is 23.6. The summed E-state index contributed by atoms with van der Waals surface area (Å²) in [6.45, 7) is 16.1. The van der Waals surface area contributed by atoms with E-state index in [1.165, 1.54) is 39.2 Å². The van der Waals surface area contributed by atoms with Crippen LogP contribution in [0.1, 0.15) is 91.9 Å². The van der Waals surface area contributed by atoms with E-state index in [2.05, 4.69) is 40.4 Å². The van der Waals surface area contributed by atoms with Gasteiger partial charge in [0.1, 0.15) is 6.10 Å². The van der Waals surface area contributed by atoms with Crippen molar-refractivity contribution < 1.29 is 23.5 Å². The van der Waals surface area contributed by atoms with Crippen LogP contribution in [0.2, 0.25) is 19.6 Å². The Morgan fingerprint density at radius 1 is 0.972 bits per heavy atom. The minimum Gasteiger partial charge on any atom is -0.469 e. The Labute approximate surface area is 220 Å². The third-order valence-corrected chi connectivity index (χ3v) is 12.3. The summed E-state index contributed by atoms with van der Waals surface area (Å²) in [7, 11) is -0.222. The van der Waals surface area contributed by atoms with Crippen molar-refractivity contribution in [1.82, 2.24) is 0 Å². The summed E-state index contributed by atoms with van der Waals surface area (Å²) in [6.07, 6.45) is 11.3. The topological polar surface area (TPSA) is 61.8 Å². The third kappa shape index (κ3) is 5.32. The van der Waals surface area contributed by atoms with E-state index in [1.807, 2.05) is 0 Å². The van der Waals surface area contributed by atoms with Crippen molar-refractivity contribution in [1.29, 1.82) is 0 Å². The Bertz CT molecular complexity index is 823. The Morgan fingerprint density at radius 2 is 1.64 bits per heavy atom. The maximum Gasteiger partial charge on any atom is 0.305 e. The van der Waals surface area contributed by atoms with Crippen molar-refractivity contribution in [3.8, 4) is 0 Å². The predicted octanol–water partition coefficient (Wildman–Crippen LogP) is 7.00. The number of rotatable bonds is 7. The number of methoxy groups -OCH3 is 1. The van der Waals surface area contributed by atoms with Gasteiger partial charge in [-0.3, -0.25) is 9.59 Å². The van der Waals surface area contributed by atoms with Gasteiger partial charge < -0.3 is 13.9 Å². The number of carbonyl (C=O) groups is 2. The standard InChI is InChI=1S/C30H52O5Si/c1-19(9-12-27(32)33-5)23-10-11-24-28-25(14-16-30(23,24)4)29(3)15-13-22(34-20(2)31)17-21(29)18-26(28)35-36(6,7)8/h19,21-26,28H,9-18H2,1-8H3/t19-,21+,22-,23-,24+,25+,26?,28+,29+,30-/m1/s1. The summed E-state index contributed by atoms with van der Waals surface area (Å²) in [5, 5.41) is 0. The maximum atomic E-state index is 11.8. The molecule has 0 saturated heterocycles. The molecule has 4 aliphatic rings. The van der Waals surface area contributed by atoms with Crippen molar-refractivity contribution in [2.45, 2.75) is 124 Å². The largest absolute Gasteiger partial charge is 0.469 e. The van der Waals surface area contributed by atoms with Crippen molar-refractivity contribution in [2.24, 2.45) is 46.3 Å². The Balaban J connectivity index is 1.59. The summed E-state index contributed by atoms with van der Waals surface area (Å²) < 4.78 is 17.7. The van der Waals surface area contributed by atoms with Crippen LogP contribution in [-0.2, 0) is 23.5 Å². The van der Waals surface area contributed by atoms with Gasteiger partial charge >= 0.3 is 11.9 Å². The molecule has 1 unspecified atom stereocenters. The van der Waals surface area contributed by atoms with Crippen LogP contribution in [0.15, 0.2) is 0 Å². The SMILES string of the molecule is COC(=O)CC[C@@H](C)[C@H]1CC[C@H]2[C@@H]3C(O[Si](C)(C)C)C[C@@H]4C[C@H](OC(C)=O)CC[C@]4(C)[C@H]3CC[C@]12C. The van der Waals surface area contributed by atoms with Gasteiger partial charge in [-0.15, -0.1) is 0 Å². The lowest BCUT2D eigenvalue weighted by atomic mass is 9.43. The van der Waals surface area contributed by atoms with E-state index in [1.54, 1.807) is 6.92 Å². The first-order valence-electron chi connectivity index (χ1n) is 14.7. The lowest BCUT2D eigenvalue weighted by Crippen LogP contribution is -2.60. The van der Waals surface area contributed by atoms with E-state index >= 15 is 0 Å². The van der Waals surface area contributed by atoms with Gasteiger partial charge in [-0.2, -0.15) is 0 Å². The van der Waals surface area contributed by atoms with Crippen LogP contribution in [0.4, 0.5) is 0 Å². The van der Waals surface area contributed by atoms with Crippen molar-refractivity contribution in [3.63, 3.8) is 0 Å². The molecule has 0 spiro atoms. The minimum atomic E-state index is -1.72. The molecule has 0 heterocycles. The fraction of sp³-hybridized carbons (Fsp3) is 0.933. The van der Waals surface area contributed by atoms with Gasteiger partial charge in [0, 0.05) is 19.4 Å². The van der Waals surface area contributed by atoms with Gasteiger partial charge in [0.15, 0.2) is 8.32 Å². The third-order valence-electron chi connectivity index (χ3n) is 11.2. The molecule has 0 aliphatic heterocycles. The molecule has 0 aromatic rings. The lowest BCUT2D eigenvalue weighted by Gasteiger charge is -2.63. The predicted molar refractivity (Wildman–Crippen MR) is 145 cm³/mol. The molecule has 36 heavy (non-hydrogen) atoms. The molecule has 0 aromatic heterocycles. The molecule has 10 atom stereocenters. The number of ether oxygens (including phenoxy) is 2. The van der Waals surface area contributed by atoms with E-state index < -0.39 is 8.32 Å². The van der Waals surface area contributed by atoms with E-state index in [4.69, 9.17) is 13.9 Å². The summed E-state index contributed by atoms with van der Waals surface area (Å²) in [5.74, 6) is 3.58. The first-order chi connectivity index (χ1) is 16.8. The van der Waals surface area contributed by atoms with Crippen LogP contribution in [-0.4, -0.2) is 39.6 Å². The molecular weight excluding hydrogens is 468 g/mol. The molecule has 0 N–H and O–H groups in total. The molecule has 0 amide bonds. The molecule has 0 bridgehead atoms. The van der Waals surface area contributed by atoms with Gasteiger partial charge in [-0.05, 0) is 124 Å². The normalized spacial score (nSPS) is 43.1. The fourth-order valence-electron chi connectivity index (χ4n) is 9.70. The van der Waals surface area contributed by atoms with Gasteiger partial charge in [0.25, 0.3) is 0 Å². The van der Waals surface area contributed by atoms with Gasteiger partial charge in [0.05, 0.1) is 7.11 Å². The summed E-state index contributed by atoms with van der Waals surface area (Å²) in [6, 6.07) is 0. The smallest absolute Gasteiger partial charge is 0.305 e. The van der Waals surface area contributed by atoms with Gasteiger partial charge in [-0.1, -0.05) is 20.8 Å².